The number of nitrogens with one attached hydrogen (secondary N) is 1. The van der Waals surface area contributed by atoms with Gasteiger partial charge in [0, 0.05) is 38.2 Å². The molecule has 9 heteroatoms. The number of hydrogen-bond donors (Lipinski definition) is 1. The average Bonchev–Trinajstić information content (AvgIpc) is 3.19. The first-order valence-electron chi connectivity index (χ1n) is 9.57. The van der Waals surface area contributed by atoms with Gasteiger partial charge in [-0.05, 0) is 23.8 Å². The van der Waals surface area contributed by atoms with E-state index in [0.29, 0.717) is 5.71 Å². The molecule has 0 spiro atoms. The van der Waals surface area contributed by atoms with Gasteiger partial charge >= 0.3 is 0 Å². The summed E-state index contributed by atoms with van der Waals surface area (Å²) in [6, 6.07) is 20.8. The molecule has 0 saturated heterocycles. The van der Waals surface area contributed by atoms with Crippen molar-refractivity contribution >= 4 is 48.9 Å². The highest BCUT2D eigenvalue weighted by Gasteiger charge is 2.22. The van der Waals surface area contributed by atoms with Crippen LogP contribution >= 0.6 is 11.3 Å². The molecule has 0 fully saturated rings. The Morgan fingerprint density at radius 1 is 0.938 bits per heavy atom. The standard InChI is InChI=1S/C23H15N3O4S2/c27-26(28)16-8-4-9-17(14-16)32(29,30)25-24-20-13-12-19-22-18(20)10-5-11-21(22)31-23(19)15-6-2-1-3-7-15/h1-14,25H/b24-20+. The van der Waals surface area contributed by atoms with Crippen LogP contribution in [0.2, 0.25) is 0 Å². The Labute approximate surface area is 187 Å². The van der Waals surface area contributed by atoms with Crippen molar-refractivity contribution in [3.05, 3.63) is 100 Å². The largest absolute Gasteiger partial charge is 0.276 e. The van der Waals surface area contributed by atoms with Gasteiger partial charge in [0.15, 0.2) is 0 Å². The highest BCUT2D eigenvalue weighted by atomic mass is 32.2. The number of sulfonamides is 1. The van der Waals surface area contributed by atoms with E-state index in [-0.39, 0.29) is 10.6 Å². The van der Waals surface area contributed by atoms with Crippen LogP contribution in [0, 0.1) is 10.1 Å². The fraction of sp³-hybridized carbons (Fsp3) is 0. The summed E-state index contributed by atoms with van der Waals surface area (Å²) >= 11 is 1.67. The number of non-ortho nitro benzene ring substituents is 1. The maximum Gasteiger partial charge on any atom is 0.276 e. The van der Waals surface area contributed by atoms with E-state index in [1.54, 1.807) is 17.4 Å². The van der Waals surface area contributed by atoms with Crippen LogP contribution in [0.15, 0.2) is 88.9 Å². The van der Waals surface area contributed by atoms with Gasteiger partial charge in [-0.1, -0.05) is 54.6 Å². The minimum Gasteiger partial charge on any atom is -0.258 e. The predicted molar refractivity (Wildman–Crippen MR) is 126 cm³/mol. The van der Waals surface area contributed by atoms with Gasteiger partial charge in [-0.2, -0.15) is 18.4 Å². The topological polar surface area (TPSA) is 102 Å². The Kier molecular flexibility index (Phi) is 4.84. The van der Waals surface area contributed by atoms with Gasteiger partial charge in [0.1, 0.15) is 0 Å². The van der Waals surface area contributed by atoms with Crippen LogP contribution in [-0.2, 0) is 10.0 Å². The van der Waals surface area contributed by atoms with E-state index >= 15 is 0 Å². The number of benzene rings is 3. The molecule has 0 radical (unpaired) electrons. The molecule has 5 rings (SSSR count). The number of nitrogens with zero attached hydrogens (tertiary/aromatic N) is 2. The average molecular weight is 462 g/mol. The zero-order valence-corrected chi connectivity index (χ0v) is 18.1. The number of hydrazone groups is 1. The smallest absolute Gasteiger partial charge is 0.258 e. The Balaban J connectivity index is 1.54. The highest BCUT2D eigenvalue weighted by molar-refractivity contribution is 7.89. The zero-order chi connectivity index (χ0) is 22.3. The molecule has 32 heavy (non-hydrogen) atoms. The van der Waals surface area contributed by atoms with Crippen LogP contribution in [0.4, 0.5) is 5.69 Å². The zero-order valence-electron chi connectivity index (χ0n) is 16.4. The molecular formula is C23H15N3O4S2. The SMILES string of the molecule is O=[N+]([O-])c1cccc(S(=O)(=O)N/N=C2\C=Cc3c(-c4ccccc4)sc4cccc2c34)c1. The Morgan fingerprint density at radius 3 is 2.50 bits per heavy atom. The maximum absolute atomic E-state index is 12.7. The molecule has 0 unspecified atom stereocenters. The normalized spacial score (nSPS) is 14.1. The van der Waals surface area contributed by atoms with Gasteiger partial charge in [-0.25, -0.2) is 0 Å². The van der Waals surface area contributed by atoms with Crippen LogP contribution in [-0.4, -0.2) is 19.1 Å². The van der Waals surface area contributed by atoms with Crippen LogP contribution in [0.3, 0.4) is 0 Å². The quantitative estimate of drug-likeness (QED) is 0.326. The summed E-state index contributed by atoms with van der Waals surface area (Å²) in [6.07, 6.45) is 3.71. The summed E-state index contributed by atoms with van der Waals surface area (Å²) in [5.74, 6) is 0. The van der Waals surface area contributed by atoms with E-state index in [2.05, 4.69) is 22.1 Å². The number of hydrogen-bond acceptors (Lipinski definition) is 6. The first kappa shape index (κ1) is 20.1. The number of allylic oxidation sites excluding steroid dienone is 1. The van der Waals surface area contributed by atoms with Crippen molar-refractivity contribution < 1.29 is 13.3 Å². The molecule has 0 bridgehead atoms. The number of thiophene rings is 1. The summed E-state index contributed by atoms with van der Waals surface area (Å²) in [6.45, 7) is 0. The van der Waals surface area contributed by atoms with Gasteiger partial charge in [0.05, 0.1) is 15.5 Å². The third-order valence-electron chi connectivity index (χ3n) is 5.10. The fourth-order valence-electron chi connectivity index (χ4n) is 3.62. The summed E-state index contributed by atoms with van der Waals surface area (Å²) in [4.78, 5) is 13.5. The Hall–Kier alpha value is -3.82. The van der Waals surface area contributed by atoms with E-state index in [4.69, 9.17) is 0 Å². The number of nitro benzene ring substituents is 1. The molecule has 1 aromatic heterocycles. The molecule has 0 saturated carbocycles. The van der Waals surface area contributed by atoms with Crippen LogP contribution in [0.1, 0.15) is 11.1 Å². The van der Waals surface area contributed by atoms with Crippen LogP contribution in [0.25, 0.3) is 26.6 Å². The molecule has 1 heterocycles. The molecule has 1 N–H and O–H groups in total. The van der Waals surface area contributed by atoms with E-state index in [0.717, 1.165) is 37.7 Å². The monoisotopic (exact) mass is 461 g/mol. The molecule has 0 amide bonds. The first-order chi connectivity index (χ1) is 15.4. The van der Waals surface area contributed by atoms with Gasteiger partial charge in [0.25, 0.3) is 15.7 Å². The van der Waals surface area contributed by atoms with E-state index in [1.807, 2.05) is 42.5 Å². The lowest BCUT2D eigenvalue weighted by Gasteiger charge is -2.12. The van der Waals surface area contributed by atoms with Crippen LogP contribution in [0.5, 0.6) is 0 Å². The Morgan fingerprint density at radius 2 is 1.72 bits per heavy atom. The van der Waals surface area contributed by atoms with Crippen molar-refractivity contribution in [1.82, 2.24) is 4.83 Å². The molecule has 1 aliphatic rings. The second kappa shape index (κ2) is 7.70. The fourth-order valence-corrected chi connectivity index (χ4v) is 5.70. The summed E-state index contributed by atoms with van der Waals surface area (Å²) in [5.41, 5.74) is 3.17. The second-order valence-corrected chi connectivity index (χ2v) is 9.78. The first-order valence-corrected chi connectivity index (χ1v) is 11.9. The molecule has 158 valence electrons. The van der Waals surface area contributed by atoms with Gasteiger partial charge in [-0.3, -0.25) is 10.1 Å². The summed E-state index contributed by atoms with van der Waals surface area (Å²) in [5, 5.41) is 16.1. The van der Waals surface area contributed by atoms with Crippen molar-refractivity contribution in [3.8, 4) is 10.4 Å². The van der Waals surface area contributed by atoms with Crippen molar-refractivity contribution in [3.63, 3.8) is 0 Å². The van der Waals surface area contributed by atoms with Crippen molar-refractivity contribution in [2.75, 3.05) is 0 Å². The van der Waals surface area contributed by atoms with E-state index in [9.17, 15) is 18.5 Å². The lowest BCUT2D eigenvalue weighted by Crippen LogP contribution is -2.20. The molecule has 3 aromatic carbocycles. The van der Waals surface area contributed by atoms with Gasteiger partial charge in [0.2, 0.25) is 0 Å². The van der Waals surface area contributed by atoms with Crippen molar-refractivity contribution in [1.29, 1.82) is 0 Å². The lowest BCUT2D eigenvalue weighted by molar-refractivity contribution is -0.385. The molecule has 4 aromatic rings. The summed E-state index contributed by atoms with van der Waals surface area (Å²) < 4.78 is 26.4. The maximum atomic E-state index is 12.7. The third-order valence-corrected chi connectivity index (χ3v) is 7.52. The minimum atomic E-state index is -4.07. The number of nitro groups is 1. The predicted octanol–water partition coefficient (Wildman–Crippen LogP) is 5.19. The molecule has 0 aliphatic heterocycles. The van der Waals surface area contributed by atoms with Gasteiger partial charge in [-0.15, -0.1) is 11.3 Å². The number of rotatable bonds is 5. The second-order valence-electron chi connectivity index (χ2n) is 7.07. The molecule has 7 nitrogen and oxygen atoms in total. The third kappa shape index (κ3) is 3.47. The van der Waals surface area contributed by atoms with Crippen LogP contribution < -0.4 is 4.83 Å². The van der Waals surface area contributed by atoms with E-state index < -0.39 is 14.9 Å². The molecular weight excluding hydrogens is 446 g/mol. The van der Waals surface area contributed by atoms with E-state index in [1.165, 1.54) is 18.2 Å². The molecule has 1 aliphatic carbocycles. The summed E-state index contributed by atoms with van der Waals surface area (Å²) in [7, 11) is -4.07. The van der Waals surface area contributed by atoms with Crippen molar-refractivity contribution in [2.24, 2.45) is 5.10 Å². The molecule has 0 atom stereocenters. The Bertz CT molecular complexity index is 1540. The highest BCUT2D eigenvalue weighted by Crippen LogP contribution is 2.42. The van der Waals surface area contributed by atoms with Gasteiger partial charge < -0.3 is 0 Å². The lowest BCUT2D eigenvalue weighted by atomic mass is 9.94. The van der Waals surface area contributed by atoms with Crippen molar-refractivity contribution in [2.45, 2.75) is 4.90 Å². The minimum absolute atomic E-state index is 0.225.